The minimum atomic E-state index is -3.57. The largest absolute Gasteiger partial charge is 0.463 e. The zero-order valence-corrected chi connectivity index (χ0v) is 21.2. The van der Waals surface area contributed by atoms with Crippen LogP contribution in [0.1, 0.15) is 61.5 Å². The van der Waals surface area contributed by atoms with Gasteiger partial charge in [0.1, 0.15) is 5.82 Å². The fraction of sp³-hybridized carbons (Fsp3) is 0.560. The Hall–Kier alpha value is -2.72. The van der Waals surface area contributed by atoms with Gasteiger partial charge in [0.05, 0.1) is 28.5 Å². The summed E-state index contributed by atoms with van der Waals surface area (Å²) in [5.74, 6) is -0.182. The van der Waals surface area contributed by atoms with Crippen molar-refractivity contribution in [3.05, 3.63) is 35.5 Å². The van der Waals surface area contributed by atoms with Crippen molar-refractivity contribution in [1.29, 1.82) is 0 Å². The molecule has 1 spiro atoms. The molecule has 1 saturated carbocycles. The lowest BCUT2D eigenvalue weighted by atomic mass is 9.93. The third kappa shape index (κ3) is 6.10. The maximum Gasteiger partial charge on any atom is 0.318 e. The lowest BCUT2D eigenvalue weighted by Gasteiger charge is -2.35. The van der Waals surface area contributed by atoms with Gasteiger partial charge in [0.2, 0.25) is 0 Å². The number of piperidine rings is 1. The van der Waals surface area contributed by atoms with Crippen molar-refractivity contribution < 1.29 is 23.1 Å². The number of rotatable bonds is 10. The molecule has 1 amide bonds. The van der Waals surface area contributed by atoms with E-state index in [-0.39, 0.29) is 35.6 Å². The van der Waals surface area contributed by atoms with Crippen LogP contribution in [-0.2, 0) is 9.84 Å². The lowest BCUT2D eigenvalue weighted by Crippen LogP contribution is -2.36. The van der Waals surface area contributed by atoms with E-state index in [0.29, 0.717) is 34.8 Å². The van der Waals surface area contributed by atoms with Gasteiger partial charge in [-0.2, -0.15) is 4.98 Å². The molecule has 1 aliphatic heterocycles. The smallest absolute Gasteiger partial charge is 0.318 e. The highest BCUT2D eigenvalue weighted by Crippen LogP contribution is 2.54. The van der Waals surface area contributed by atoms with Crippen LogP contribution in [0.4, 0.5) is 11.5 Å². The van der Waals surface area contributed by atoms with Crippen molar-refractivity contribution in [2.24, 2.45) is 5.41 Å². The molecule has 2 aromatic rings. The summed E-state index contributed by atoms with van der Waals surface area (Å²) in [6, 6.07) is 6.52. The van der Waals surface area contributed by atoms with Crippen LogP contribution in [0.3, 0.4) is 0 Å². The zero-order chi connectivity index (χ0) is 25.1. The molecule has 1 saturated heterocycles. The number of carbonyl (C=O) groups excluding carboxylic acids is 1. The highest BCUT2D eigenvalue weighted by atomic mass is 32.2. The van der Waals surface area contributed by atoms with Gasteiger partial charge in [0.25, 0.3) is 5.91 Å². The Bertz CT molecular complexity index is 1170. The molecule has 1 aliphatic carbocycles. The average Bonchev–Trinajstić information content (AvgIpc) is 3.59. The first-order chi connectivity index (χ1) is 16.7. The molecule has 2 fully saturated rings. The number of hydrogen-bond donors (Lipinski definition) is 2. The number of aliphatic hydroxyl groups excluding tert-OH is 1. The summed E-state index contributed by atoms with van der Waals surface area (Å²) in [4.78, 5) is 24.2. The Morgan fingerprint density at radius 1 is 1.17 bits per heavy atom. The first-order valence-electron chi connectivity index (χ1n) is 12.3. The summed E-state index contributed by atoms with van der Waals surface area (Å²) in [6.07, 6.45) is 5.56. The van der Waals surface area contributed by atoms with Crippen LogP contribution >= 0.6 is 0 Å². The van der Waals surface area contributed by atoms with Crippen molar-refractivity contribution in [3.63, 3.8) is 0 Å². The molecule has 10 heteroatoms. The molecular formula is C25H34N4O5S. The van der Waals surface area contributed by atoms with E-state index < -0.39 is 9.84 Å². The fourth-order valence-electron chi connectivity index (χ4n) is 4.48. The standard InChI is InChI=1S/C25H34N4O5S/c1-3-14-34-24-26-18(2)16-22(28-24)27-23(31)20-6-5-19(35(32,33)15-4-13-30)17-21(20)29-11-9-25(7-8-25)10-12-29/h5-6,16-17,30H,3-4,7-15H2,1-2H3,(H,26,27,28,31). The number of hydrogen-bond acceptors (Lipinski definition) is 8. The van der Waals surface area contributed by atoms with E-state index in [1.54, 1.807) is 25.1 Å². The molecule has 4 rings (SSSR count). The van der Waals surface area contributed by atoms with Gasteiger partial charge in [-0.25, -0.2) is 13.4 Å². The molecule has 0 atom stereocenters. The third-order valence-corrected chi connectivity index (χ3v) is 8.57. The van der Waals surface area contributed by atoms with Crippen molar-refractivity contribution in [1.82, 2.24) is 9.97 Å². The number of aryl methyl sites for hydroxylation is 1. The van der Waals surface area contributed by atoms with Gasteiger partial charge in [-0.3, -0.25) is 4.79 Å². The number of aromatic nitrogens is 2. The van der Waals surface area contributed by atoms with Crippen molar-refractivity contribution in [2.75, 3.05) is 42.3 Å². The molecule has 2 heterocycles. The van der Waals surface area contributed by atoms with Crippen LogP contribution in [0.25, 0.3) is 0 Å². The summed E-state index contributed by atoms with van der Waals surface area (Å²) in [5.41, 5.74) is 2.11. The number of ether oxygens (including phenoxy) is 1. The molecule has 0 bridgehead atoms. The Balaban J connectivity index is 1.62. The maximum absolute atomic E-state index is 13.4. The van der Waals surface area contributed by atoms with E-state index in [1.165, 1.54) is 18.9 Å². The molecule has 2 N–H and O–H groups in total. The molecule has 9 nitrogen and oxygen atoms in total. The monoisotopic (exact) mass is 502 g/mol. The van der Waals surface area contributed by atoms with Crippen LogP contribution in [-0.4, -0.2) is 61.5 Å². The van der Waals surface area contributed by atoms with Gasteiger partial charge in [-0.1, -0.05) is 6.92 Å². The number of nitrogens with zero attached hydrogens (tertiary/aromatic N) is 3. The van der Waals surface area contributed by atoms with Crippen molar-refractivity contribution in [2.45, 2.75) is 57.3 Å². The second-order valence-corrected chi connectivity index (χ2v) is 11.7. The second kappa shape index (κ2) is 10.5. The number of carbonyl (C=O) groups is 1. The van der Waals surface area contributed by atoms with Gasteiger partial charge >= 0.3 is 6.01 Å². The Kier molecular flexibility index (Phi) is 7.61. The summed E-state index contributed by atoms with van der Waals surface area (Å²) < 4.78 is 31.2. The highest BCUT2D eigenvalue weighted by Gasteiger charge is 2.44. The molecule has 190 valence electrons. The Morgan fingerprint density at radius 3 is 2.57 bits per heavy atom. The van der Waals surface area contributed by atoms with E-state index in [2.05, 4.69) is 20.2 Å². The number of aliphatic hydroxyl groups is 1. The highest BCUT2D eigenvalue weighted by molar-refractivity contribution is 7.91. The molecule has 1 aromatic heterocycles. The van der Waals surface area contributed by atoms with Crippen molar-refractivity contribution in [3.8, 4) is 6.01 Å². The van der Waals surface area contributed by atoms with Gasteiger partial charge in [0, 0.05) is 31.5 Å². The number of sulfone groups is 1. The first-order valence-corrected chi connectivity index (χ1v) is 13.9. The third-order valence-electron chi connectivity index (χ3n) is 6.78. The summed E-state index contributed by atoms with van der Waals surface area (Å²) >= 11 is 0. The average molecular weight is 503 g/mol. The normalized spacial score (nSPS) is 16.8. The first kappa shape index (κ1) is 25.4. The van der Waals surface area contributed by atoms with Gasteiger partial charge in [-0.15, -0.1) is 0 Å². The molecular weight excluding hydrogens is 468 g/mol. The predicted octanol–water partition coefficient (Wildman–Crippen LogP) is 3.36. The van der Waals surface area contributed by atoms with Crippen LogP contribution in [0.15, 0.2) is 29.2 Å². The Morgan fingerprint density at radius 2 is 1.91 bits per heavy atom. The molecule has 1 aromatic carbocycles. The van der Waals surface area contributed by atoms with E-state index in [4.69, 9.17) is 9.84 Å². The molecule has 35 heavy (non-hydrogen) atoms. The quantitative estimate of drug-likeness (QED) is 0.507. The van der Waals surface area contributed by atoms with E-state index in [9.17, 15) is 13.2 Å². The van der Waals surface area contributed by atoms with Gasteiger partial charge in [0.15, 0.2) is 9.84 Å². The molecule has 0 unspecified atom stereocenters. The number of benzene rings is 1. The predicted molar refractivity (Wildman–Crippen MR) is 134 cm³/mol. The van der Waals surface area contributed by atoms with E-state index in [1.807, 2.05) is 6.92 Å². The molecule has 0 radical (unpaired) electrons. The topological polar surface area (TPSA) is 122 Å². The summed E-state index contributed by atoms with van der Waals surface area (Å²) in [7, 11) is -3.57. The SMILES string of the molecule is CCCOc1nc(C)cc(NC(=O)c2ccc(S(=O)(=O)CCCO)cc2N2CCC3(CC2)CC3)n1. The Labute approximate surface area is 206 Å². The minimum absolute atomic E-state index is 0.141. The van der Waals surface area contributed by atoms with Gasteiger partial charge < -0.3 is 20.1 Å². The van der Waals surface area contributed by atoms with Gasteiger partial charge in [-0.05, 0) is 69.1 Å². The number of amides is 1. The summed E-state index contributed by atoms with van der Waals surface area (Å²) in [5, 5.41) is 11.9. The lowest BCUT2D eigenvalue weighted by molar-refractivity contribution is 0.102. The zero-order valence-electron chi connectivity index (χ0n) is 20.4. The number of nitrogens with one attached hydrogen (secondary N) is 1. The molecule has 2 aliphatic rings. The second-order valence-electron chi connectivity index (χ2n) is 9.54. The van der Waals surface area contributed by atoms with Crippen LogP contribution in [0.2, 0.25) is 0 Å². The maximum atomic E-state index is 13.4. The van der Waals surface area contributed by atoms with Crippen LogP contribution < -0.4 is 15.0 Å². The van der Waals surface area contributed by atoms with Crippen LogP contribution in [0, 0.1) is 12.3 Å². The minimum Gasteiger partial charge on any atom is -0.463 e. The fourth-order valence-corrected chi connectivity index (χ4v) is 5.79. The van der Waals surface area contributed by atoms with E-state index >= 15 is 0 Å². The summed E-state index contributed by atoms with van der Waals surface area (Å²) in [6.45, 7) is 5.63. The van der Waals surface area contributed by atoms with Crippen LogP contribution in [0.5, 0.6) is 6.01 Å². The van der Waals surface area contributed by atoms with E-state index in [0.717, 1.165) is 32.4 Å². The number of anilines is 2. The van der Waals surface area contributed by atoms with Crippen molar-refractivity contribution >= 4 is 27.2 Å².